The lowest BCUT2D eigenvalue weighted by atomic mass is 10.0. The van der Waals surface area contributed by atoms with E-state index in [1.807, 2.05) is 14.0 Å². The fourth-order valence-corrected chi connectivity index (χ4v) is 3.06. The van der Waals surface area contributed by atoms with Crippen LogP contribution >= 0.6 is 11.3 Å². The first-order chi connectivity index (χ1) is 9.65. The van der Waals surface area contributed by atoms with Crippen molar-refractivity contribution in [2.75, 3.05) is 20.2 Å². The van der Waals surface area contributed by atoms with E-state index in [2.05, 4.69) is 36.7 Å². The predicted octanol–water partition coefficient (Wildman–Crippen LogP) is 3.59. The molecule has 0 spiro atoms. The Kier molecular flexibility index (Phi) is 5.15. The number of rotatable bonds is 6. The molecule has 0 bridgehead atoms. The summed E-state index contributed by atoms with van der Waals surface area (Å²) in [5.74, 6) is 0.962. The summed E-state index contributed by atoms with van der Waals surface area (Å²) < 4.78 is 5.82. The highest BCUT2D eigenvalue weighted by atomic mass is 32.1. The maximum Gasteiger partial charge on any atom is 0.131 e. The fourth-order valence-electron chi connectivity index (χ4n) is 2.26. The zero-order valence-corrected chi connectivity index (χ0v) is 13.4. The molecule has 2 aromatic rings. The first-order valence-electron chi connectivity index (χ1n) is 6.99. The Labute approximate surface area is 125 Å². The van der Waals surface area contributed by atoms with Gasteiger partial charge in [-0.15, -0.1) is 11.3 Å². The molecule has 0 amide bonds. The second-order valence-corrected chi connectivity index (χ2v) is 5.81. The van der Waals surface area contributed by atoms with Crippen LogP contribution in [0.2, 0.25) is 0 Å². The van der Waals surface area contributed by atoms with Gasteiger partial charge in [-0.05, 0) is 45.0 Å². The quantitative estimate of drug-likeness (QED) is 0.883. The van der Waals surface area contributed by atoms with Gasteiger partial charge in [-0.25, -0.2) is 4.98 Å². The number of nitrogens with one attached hydrogen (secondary N) is 1. The maximum absolute atomic E-state index is 5.82. The third-order valence-electron chi connectivity index (χ3n) is 3.12. The number of likely N-dealkylation sites (N-methyl/N-ethyl adjacent to an activating group) is 1. The van der Waals surface area contributed by atoms with Crippen molar-refractivity contribution in [2.24, 2.45) is 0 Å². The highest BCUT2D eigenvalue weighted by molar-refractivity contribution is 7.09. The van der Waals surface area contributed by atoms with Crippen LogP contribution < -0.4 is 10.1 Å². The van der Waals surface area contributed by atoms with E-state index in [1.54, 1.807) is 11.3 Å². The predicted molar refractivity (Wildman–Crippen MR) is 85.8 cm³/mol. The number of thiazole rings is 1. The summed E-state index contributed by atoms with van der Waals surface area (Å²) in [6.07, 6.45) is 0.968. The Morgan fingerprint density at radius 3 is 2.80 bits per heavy atom. The summed E-state index contributed by atoms with van der Waals surface area (Å²) in [5.41, 5.74) is 4.55. The van der Waals surface area contributed by atoms with Crippen LogP contribution in [0.1, 0.15) is 23.1 Å². The lowest BCUT2D eigenvalue weighted by Gasteiger charge is -2.13. The normalized spacial score (nSPS) is 10.8. The molecule has 0 radical (unpaired) electrons. The van der Waals surface area contributed by atoms with Crippen molar-refractivity contribution in [1.29, 1.82) is 0 Å². The largest absolute Gasteiger partial charge is 0.493 e. The van der Waals surface area contributed by atoms with Gasteiger partial charge in [0, 0.05) is 23.9 Å². The first-order valence-corrected chi connectivity index (χ1v) is 7.87. The highest BCUT2D eigenvalue weighted by Gasteiger charge is 2.13. The molecule has 1 aromatic heterocycles. The van der Waals surface area contributed by atoms with Crippen LogP contribution in [0, 0.1) is 13.8 Å². The van der Waals surface area contributed by atoms with Crippen LogP contribution in [0.5, 0.6) is 5.75 Å². The SMILES string of the molecule is CCOc1c(C)cc(C)cc1-c1csc(CCNC)n1. The summed E-state index contributed by atoms with van der Waals surface area (Å²) >= 11 is 1.72. The summed E-state index contributed by atoms with van der Waals surface area (Å²) in [4.78, 5) is 4.74. The van der Waals surface area contributed by atoms with E-state index in [1.165, 1.54) is 11.1 Å². The number of aryl methyl sites for hydroxylation is 2. The summed E-state index contributed by atoms with van der Waals surface area (Å²) in [6.45, 7) is 7.85. The molecule has 108 valence electrons. The second-order valence-electron chi connectivity index (χ2n) is 4.87. The zero-order chi connectivity index (χ0) is 14.5. The van der Waals surface area contributed by atoms with Gasteiger partial charge >= 0.3 is 0 Å². The van der Waals surface area contributed by atoms with Gasteiger partial charge in [0.15, 0.2) is 0 Å². The fraction of sp³-hybridized carbons (Fsp3) is 0.438. The monoisotopic (exact) mass is 290 g/mol. The van der Waals surface area contributed by atoms with E-state index in [0.29, 0.717) is 6.61 Å². The third kappa shape index (κ3) is 3.38. The number of hydrogen-bond acceptors (Lipinski definition) is 4. The number of nitrogens with zero attached hydrogens (tertiary/aromatic N) is 1. The topological polar surface area (TPSA) is 34.1 Å². The molecular weight excluding hydrogens is 268 g/mol. The molecule has 3 nitrogen and oxygen atoms in total. The van der Waals surface area contributed by atoms with Crippen LogP contribution in [-0.4, -0.2) is 25.2 Å². The average Bonchev–Trinajstić information content (AvgIpc) is 2.88. The molecule has 0 unspecified atom stereocenters. The summed E-state index contributed by atoms with van der Waals surface area (Å²) in [6, 6.07) is 4.32. The van der Waals surface area contributed by atoms with Crippen LogP contribution in [0.15, 0.2) is 17.5 Å². The van der Waals surface area contributed by atoms with E-state index in [0.717, 1.165) is 35.0 Å². The Bertz CT molecular complexity index is 578. The lowest BCUT2D eigenvalue weighted by Crippen LogP contribution is -2.10. The summed E-state index contributed by atoms with van der Waals surface area (Å²) in [5, 5.41) is 6.45. The van der Waals surface area contributed by atoms with E-state index in [-0.39, 0.29) is 0 Å². The molecule has 0 atom stereocenters. The average molecular weight is 290 g/mol. The van der Waals surface area contributed by atoms with Crippen LogP contribution in [0.4, 0.5) is 0 Å². The molecule has 1 heterocycles. The number of aromatic nitrogens is 1. The van der Waals surface area contributed by atoms with Gasteiger partial charge in [0.05, 0.1) is 17.3 Å². The zero-order valence-electron chi connectivity index (χ0n) is 12.6. The van der Waals surface area contributed by atoms with Crippen molar-refractivity contribution < 1.29 is 4.74 Å². The Balaban J connectivity index is 2.37. The third-order valence-corrected chi connectivity index (χ3v) is 4.03. The highest BCUT2D eigenvalue weighted by Crippen LogP contribution is 2.34. The number of benzene rings is 1. The van der Waals surface area contributed by atoms with Gasteiger partial charge < -0.3 is 10.1 Å². The van der Waals surface area contributed by atoms with Gasteiger partial charge in [-0.3, -0.25) is 0 Å². The minimum absolute atomic E-state index is 0.674. The molecular formula is C16H22N2OS. The van der Waals surface area contributed by atoms with Crippen molar-refractivity contribution in [3.8, 4) is 17.0 Å². The van der Waals surface area contributed by atoms with Gasteiger partial charge in [0.25, 0.3) is 0 Å². The molecule has 2 rings (SSSR count). The number of hydrogen-bond donors (Lipinski definition) is 1. The Hall–Kier alpha value is -1.39. The minimum atomic E-state index is 0.674. The van der Waals surface area contributed by atoms with E-state index >= 15 is 0 Å². The van der Waals surface area contributed by atoms with Gasteiger partial charge in [0.1, 0.15) is 5.75 Å². The molecule has 0 aliphatic heterocycles. The molecule has 1 N–H and O–H groups in total. The van der Waals surface area contributed by atoms with E-state index in [9.17, 15) is 0 Å². The lowest BCUT2D eigenvalue weighted by molar-refractivity contribution is 0.339. The Morgan fingerprint density at radius 2 is 2.10 bits per heavy atom. The van der Waals surface area contributed by atoms with Gasteiger partial charge in [0.2, 0.25) is 0 Å². The van der Waals surface area contributed by atoms with Crippen molar-refractivity contribution in [2.45, 2.75) is 27.2 Å². The molecule has 20 heavy (non-hydrogen) atoms. The number of ether oxygens (including phenoxy) is 1. The van der Waals surface area contributed by atoms with Crippen LogP contribution in [0.25, 0.3) is 11.3 Å². The molecule has 1 aromatic carbocycles. The van der Waals surface area contributed by atoms with E-state index < -0.39 is 0 Å². The standard InChI is InChI=1S/C16H22N2OS/c1-5-19-16-12(3)8-11(2)9-13(16)14-10-20-15(18-14)6-7-17-4/h8-10,17H,5-7H2,1-4H3. The molecule has 0 aliphatic carbocycles. The minimum Gasteiger partial charge on any atom is -0.493 e. The smallest absolute Gasteiger partial charge is 0.131 e. The molecule has 0 saturated heterocycles. The first kappa shape index (κ1) is 15.0. The Morgan fingerprint density at radius 1 is 1.30 bits per heavy atom. The van der Waals surface area contributed by atoms with E-state index in [4.69, 9.17) is 9.72 Å². The van der Waals surface area contributed by atoms with Crippen molar-refractivity contribution in [1.82, 2.24) is 10.3 Å². The molecule has 0 fully saturated rings. The van der Waals surface area contributed by atoms with Gasteiger partial charge in [-0.1, -0.05) is 6.07 Å². The molecule has 0 aliphatic rings. The van der Waals surface area contributed by atoms with Crippen LogP contribution in [-0.2, 0) is 6.42 Å². The van der Waals surface area contributed by atoms with Crippen molar-refractivity contribution >= 4 is 11.3 Å². The molecule has 4 heteroatoms. The van der Waals surface area contributed by atoms with Crippen LogP contribution in [0.3, 0.4) is 0 Å². The molecule has 0 saturated carbocycles. The van der Waals surface area contributed by atoms with Crippen molar-refractivity contribution in [3.63, 3.8) is 0 Å². The maximum atomic E-state index is 5.82. The van der Waals surface area contributed by atoms with Crippen molar-refractivity contribution in [3.05, 3.63) is 33.6 Å². The second kappa shape index (κ2) is 6.86. The summed E-state index contributed by atoms with van der Waals surface area (Å²) in [7, 11) is 1.96. The van der Waals surface area contributed by atoms with Gasteiger partial charge in [-0.2, -0.15) is 0 Å².